The molecule has 0 fully saturated rings. The maximum atomic E-state index is 14.0. The van der Waals surface area contributed by atoms with Crippen LogP contribution in [0, 0.1) is 12.7 Å². The molecule has 0 atom stereocenters. The monoisotopic (exact) mass is 436 g/mol. The summed E-state index contributed by atoms with van der Waals surface area (Å²) >= 11 is 0. The van der Waals surface area contributed by atoms with Crippen LogP contribution >= 0.6 is 0 Å². The molecule has 0 unspecified atom stereocenters. The Hall–Kier alpha value is -2.87. The summed E-state index contributed by atoms with van der Waals surface area (Å²) in [5, 5.41) is 2.84. The SMILES string of the molecule is Bc1cc(F)cc2c1NC(=O)/C2=C\c1[nH]c2c(c1C)C(=O)N(CCN(CC)CC)CCC2. The number of aromatic nitrogens is 1. The number of aryl methyl sites for hydroxylation is 1. The number of carbonyl (C=O) groups is 2. The second-order valence-corrected chi connectivity index (χ2v) is 8.60. The predicted octanol–water partition coefficient (Wildman–Crippen LogP) is 1.94. The van der Waals surface area contributed by atoms with Gasteiger partial charge in [-0.1, -0.05) is 19.3 Å². The van der Waals surface area contributed by atoms with Crippen LogP contribution in [0.5, 0.6) is 0 Å². The van der Waals surface area contributed by atoms with Gasteiger partial charge >= 0.3 is 0 Å². The van der Waals surface area contributed by atoms with Gasteiger partial charge in [0.2, 0.25) is 0 Å². The third kappa shape index (κ3) is 3.99. The topological polar surface area (TPSA) is 68.4 Å². The smallest absolute Gasteiger partial charge is 0.256 e. The minimum absolute atomic E-state index is 0.0428. The summed E-state index contributed by atoms with van der Waals surface area (Å²) in [6.45, 7) is 10.4. The lowest BCUT2D eigenvalue weighted by molar-refractivity contribution is -0.110. The lowest BCUT2D eigenvalue weighted by Crippen LogP contribution is -2.38. The Morgan fingerprint density at radius 2 is 2.00 bits per heavy atom. The summed E-state index contributed by atoms with van der Waals surface area (Å²) in [7, 11) is 1.78. The van der Waals surface area contributed by atoms with Crippen molar-refractivity contribution in [3.63, 3.8) is 0 Å². The van der Waals surface area contributed by atoms with Crippen LogP contribution in [-0.4, -0.2) is 67.2 Å². The number of likely N-dealkylation sites (N-methyl/N-ethyl adjacent to an activating group) is 1. The molecule has 0 saturated heterocycles. The van der Waals surface area contributed by atoms with E-state index in [0.29, 0.717) is 34.4 Å². The van der Waals surface area contributed by atoms with Gasteiger partial charge < -0.3 is 20.1 Å². The third-order valence-corrected chi connectivity index (χ3v) is 6.67. The Morgan fingerprint density at radius 3 is 2.72 bits per heavy atom. The van der Waals surface area contributed by atoms with Crippen LogP contribution in [0.25, 0.3) is 11.6 Å². The van der Waals surface area contributed by atoms with Crippen molar-refractivity contribution in [1.29, 1.82) is 0 Å². The number of carbonyl (C=O) groups excluding carboxylic acids is 2. The van der Waals surface area contributed by atoms with Crippen LogP contribution < -0.4 is 10.8 Å². The van der Waals surface area contributed by atoms with E-state index >= 15 is 0 Å². The van der Waals surface area contributed by atoms with Gasteiger partial charge in [-0.25, -0.2) is 4.39 Å². The summed E-state index contributed by atoms with van der Waals surface area (Å²) in [4.78, 5) is 33.7. The number of nitrogens with zero attached hydrogens (tertiary/aromatic N) is 2. The maximum absolute atomic E-state index is 14.0. The minimum Gasteiger partial charge on any atom is -0.358 e. The molecule has 8 heteroatoms. The highest BCUT2D eigenvalue weighted by Gasteiger charge is 2.30. The number of nitrogens with one attached hydrogen (secondary N) is 2. The van der Waals surface area contributed by atoms with Crippen LogP contribution in [0.15, 0.2) is 12.1 Å². The fourth-order valence-corrected chi connectivity index (χ4v) is 4.74. The van der Waals surface area contributed by atoms with Crippen molar-refractivity contribution in [3.8, 4) is 0 Å². The van der Waals surface area contributed by atoms with Crippen molar-refractivity contribution >= 4 is 42.5 Å². The van der Waals surface area contributed by atoms with Crippen molar-refractivity contribution in [2.45, 2.75) is 33.6 Å². The molecular formula is C24H30BFN4O2. The van der Waals surface area contributed by atoms with Crippen LogP contribution in [-0.2, 0) is 11.2 Å². The van der Waals surface area contributed by atoms with Crippen LogP contribution in [0.3, 0.4) is 0 Å². The Bertz CT molecular complexity index is 1100. The lowest BCUT2D eigenvalue weighted by Gasteiger charge is -2.25. The Labute approximate surface area is 189 Å². The zero-order chi connectivity index (χ0) is 23.0. The van der Waals surface area contributed by atoms with Gasteiger partial charge in [-0.2, -0.15) is 0 Å². The molecule has 2 N–H and O–H groups in total. The van der Waals surface area contributed by atoms with Crippen LogP contribution in [0.4, 0.5) is 10.1 Å². The molecule has 6 nitrogen and oxygen atoms in total. The average molecular weight is 436 g/mol. The molecule has 2 aromatic rings. The van der Waals surface area contributed by atoms with Crippen LogP contribution in [0.2, 0.25) is 0 Å². The van der Waals surface area contributed by atoms with E-state index < -0.39 is 0 Å². The van der Waals surface area contributed by atoms with Crippen molar-refractivity contribution in [3.05, 3.63) is 46.0 Å². The molecule has 0 aliphatic carbocycles. The Balaban J connectivity index is 1.67. The van der Waals surface area contributed by atoms with Gasteiger partial charge in [0, 0.05) is 42.3 Å². The molecule has 2 aliphatic heterocycles. The van der Waals surface area contributed by atoms with Gasteiger partial charge in [0.25, 0.3) is 11.8 Å². The minimum atomic E-state index is -0.373. The molecule has 32 heavy (non-hydrogen) atoms. The molecule has 4 rings (SSSR count). The zero-order valence-electron chi connectivity index (χ0n) is 19.3. The lowest BCUT2D eigenvalue weighted by atomic mass is 9.90. The molecular weight excluding hydrogens is 406 g/mol. The summed E-state index contributed by atoms with van der Waals surface area (Å²) in [6, 6.07) is 2.80. The number of halogens is 1. The van der Waals surface area contributed by atoms with Gasteiger partial charge in [-0.3, -0.25) is 9.59 Å². The highest BCUT2D eigenvalue weighted by Crippen LogP contribution is 2.34. The van der Waals surface area contributed by atoms with Gasteiger partial charge in [0.05, 0.1) is 11.1 Å². The second kappa shape index (κ2) is 8.94. The van der Waals surface area contributed by atoms with Crippen LogP contribution in [0.1, 0.15) is 53.1 Å². The summed E-state index contributed by atoms with van der Waals surface area (Å²) in [5.41, 5.74) is 5.50. The number of fused-ring (bicyclic) bond motifs is 2. The van der Waals surface area contributed by atoms with Crippen molar-refractivity contribution in [1.82, 2.24) is 14.8 Å². The Kier molecular flexibility index (Phi) is 6.24. The fourth-order valence-electron chi connectivity index (χ4n) is 4.74. The normalized spacial score (nSPS) is 17.0. The van der Waals surface area contributed by atoms with Gasteiger partial charge in [0.1, 0.15) is 13.7 Å². The number of rotatable bonds is 6. The second-order valence-electron chi connectivity index (χ2n) is 8.60. The third-order valence-electron chi connectivity index (χ3n) is 6.67. The molecule has 3 heterocycles. The number of H-pyrrole nitrogens is 1. The van der Waals surface area contributed by atoms with Crippen molar-refractivity contribution in [2.75, 3.05) is 38.0 Å². The van der Waals surface area contributed by atoms with Gasteiger partial charge in [-0.05, 0) is 56.6 Å². The fraction of sp³-hybridized carbons (Fsp3) is 0.417. The summed E-state index contributed by atoms with van der Waals surface area (Å²) in [6.07, 6.45) is 3.42. The van der Waals surface area contributed by atoms with E-state index in [-0.39, 0.29) is 17.6 Å². The zero-order valence-corrected chi connectivity index (χ0v) is 19.3. The maximum Gasteiger partial charge on any atom is 0.256 e. The molecule has 168 valence electrons. The average Bonchev–Trinajstić information content (AvgIpc) is 3.18. The highest BCUT2D eigenvalue weighted by atomic mass is 19.1. The number of aromatic amines is 1. The van der Waals surface area contributed by atoms with E-state index in [9.17, 15) is 14.0 Å². The molecule has 1 aromatic carbocycles. The van der Waals surface area contributed by atoms with E-state index in [1.165, 1.54) is 12.1 Å². The summed E-state index contributed by atoms with van der Waals surface area (Å²) in [5.74, 6) is -0.590. The first kappa shape index (κ1) is 22.3. The first-order valence-electron chi connectivity index (χ1n) is 11.4. The molecule has 0 radical (unpaired) electrons. The Morgan fingerprint density at radius 1 is 1.25 bits per heavy atom. The number of hydrogen-bond acceptors (Lipinski definition) is 3. The number of amides is 2. The number of hydrogen-bond donors (Lipinski definition) is 2. The van der Waals surface area contributed by atoms with E-state index in [1.54, 1.807) is 13.9 Å². The molecule has 0 spiro atoms. The standard InChI is InChI=1S/C24H30BFN4O2/c1-4-29(5-2)9-10-30-8-6-7-19-21(24(30)32)14(3)20(27-19)13-17-16-11-15(26)12-18(25)22(16)28-23(17)31/h11-13,27H,4-10,25H2,1-3H3,(H,28,31)/b17-13-. The molecule has 0 saturated carbocycles. The first-order valence-corrected chi connectivity index (χ1v) is 11.4. The van der Waals surface area contributed by atoms with Gasteiger partial charge in [-0.15, -0.1) is 0 Å². The van der Waals surface area contributed by atoms with E-state index in [1.807, 2.05) is 11.8 Å². The first-order chi connectivity index (χ1) is 15.3. The van der Waals surface area contributed by atoms with Crippen molar-refractivity contribution in [2.24, 2.45) is 0 Å². The molecule has 0 bridgehead atoms. The van der Waals surface area contributed by atoms with Gasteiger partial charge in [0.15, 0.2) is 0 Å². The van der Waals surface area contributed by atoms with E-state index in [2.05, 4.69) is 29.0 Å². The number of anilines is 1. The largest absolute Gasteiger partial charge is 0.358 e. The van der Waals surface area contributed by atoms with Crippen molar-refractivity contribution < 1.29 is 14.0 Å². The highest BCUT2D eigenvalue weighted by molar-refractivity contribution is 6.43. The quantitative estimate of drug-likeness (QED) is 0.538. The van der Waals surface area contributed by atoms with E-state index in [4.69, 9.17) is 0 Å². The van der Waals surface area contributed by atoms with E-state index in [0.717, 1.165) is 56.0 Å². The molecule has 2 amide bonds. The number of benzene rings is 1. The molecule has 1 aromatic heterocycles. The molecule has 2 aliphatic rings. The summed E-state index contributed by atoms with van der Waals surface area (Å²) < 4.78 is 14.0. The predicted molar refractivity (Wildman–Crippen MR) is 129 cm³/mol.